The molecule has 4 aromatic rings. The molecule has 258 valence electrons. The summed E-state index contributed by atoms with van der Waals surface area (Å²) < 4.78 is 53.1. The van der Waals surface area contributed by atoms with Crippen LogP contribution in [0.25, 0.3) is 32.1 Å². The third-order valence-electron chi connectivity index (χ3n) is 11.8. The molecule has 5 fully saturated rings. The van der Waals surface area contributed by atoms with Crippen LogP contribution in [0, 0.1) is 40.2 Å². The SMILES string of the molecule is N#Cc1c(N)sc2c(F)ccc(-c3c(Cl)cc4c(N5C[C@H]6CC[C@@H](C5)N6C5CC(C#N)C5)nc(OC[C@@]56CCCN5C[C@H](F)C6)nc4c3F)c12. The average Bonchev–Trinajstić information content (AvgIpc) is 3.78. The Labute approximate surface area is 296 Å². The molecule has 0 spiro atoms. The quantitative estimate of drug-likeness (QED) is 0.230. The molecule has 2 bridgehead atoms. The lowest BCUT2D eigenvalue weighted by atomic mass is 9.79. The van der Waals surface area contributed by atoms with Crippen LogP contribution in [-0.4, -0.2) is 82.4 Å². The predicted molar refractivity (Wildman–Crippen MR) is 186 cm³/mol. The summed E-state index contributed by atoms with van der Waals surface area (Å²) in [4.78, 5) is 16.4. The Morgan fingerprint density at radius 3 is 2.62 bits per heavy atom. The van der Waals surface area contributed by atoms with E-state index < -0.39 is 23.3 Å². The lowest BCUT2D eigenvalue weighted by Gasteiger charge is -2.49. The van der Waals surface area contributed by atoms with E-state index in [1.54, 1.807) is 6.07 Å². The Morgan fingerprint density at radius 1 is 1.10 bits per heavy atom. The number of aromatic nitrogens is 2. The standard InChI is InChI=1S/C36H34ClF3N8OS/c37-26-10-24-31(30(40)29(26)23-4-5-27(39)32-28(23)25(13-42)33(43)50-32)44-35(49-17-36-6-1-7-47(36)14-19(38)11-36)45-34(24)46-15-20-2-3-21(16-46)48(20)22-8-18(9-22)12-41/h4-5,10,18-22H,1-3,6-9,11,14-17,43H2/t18?,19-,20-,21+,22?,36+/m1/s1. The second kappa shape index (κ2) is 11.8. The number of hydrogen-bond donors (Lipinski definition) is 1. The van der Waals surface area contributed by atoms with E-state index in [0.717, 1.165) is 56.4 Å². The number of anilines is 2. The number of ether oxygens (including phenoxy) is 1. The first kappa shape index (κ1) is 32.1. The first-order valence-electron chi connectivity index (χ1n) is 17.2. The van der Waals surface area contributed by atoms with Crippen LogP contribution < -0.4 is 15.4 Å². The van der Waals surface area contributed by atoms with Gasteiger partial charge in [-0.05, 0) is 62.8 Å². The molecule has 6 heterocycles. The van der Waals surface area contributed by atoms with E-state index >= 15 is 4.39 Å². The maximum atomic E-state index is 17.1. The Balaban J connectivity index is 1.15. The van der Waals surface area contributed by atoms with Crippen molar-refractivity contribution >= 4 is 54.7 Å². The van der Waals surface area contributed by atoms with E-state index in [0.29, 0.717) is 43.3 Å². The second-order valence-electron chi connectivity index (χ2n) is 14.6. The molecule has 1 saturated carbocycles. The minimum absolute atomic E-state index is 0.00409. The lowest BCUT2D eigenvalue weighted by Crippen LogP contribution is -2.60. The highest BCUT2D eigenvalue weighted by Gasteiger charge is 2.50. The van der Waals surface area contributed by atoms with Gasteiger partial charge in [0, 0.05) is 66.4 Å². The molecule has 9 rings (SSSR count). The number of halogens is 4. The molecule has 2 aromatic heterocycles. The summed E-state index contributed by atoms with van der Waals surface area (Å²) in [6.45, 7) is 2.68. The Bertz CT molecular complexity index is 2130. The summed E-state index contributed by atoms with van der Waals surface area (Å²) in [7, 11) is 0. The zero-order valence-electron chi connectivity index (χ0n) is 27.1. The number of hydrogen-bond acceptors (Lipinski definition) is 10. The van der Waals surface area contributed by atoms with Gasteiger partial charge in [-0.1, -0.05) is 17.7 Å². The first-order chi connectivity index (χ1) is 24.2. The Hall–Kier alpha value is -3.88. The molecule has 0 amide bonds. The third kappa shape index (κ3) is 4.85. The zero-order valence-corrected chi connectivity index (χ0v) is 28.7. The number of benzene rings is 2. The monoisotopic (exact) mass is 718 g/mol. The van der Waals surface area contributed by atoms with Gasteiger partial charge in [0.15, 0.2) is 5.82 Å². The number of nitrogens with zero attached hydrogens (tertiary/aromatic N) is 7. The summed E-state index contributed by atoms with van der Waals surface area (Å²) in [6, 6.07) is 9.64. The van der Waals surface area contributed by atoms with Crippen LogP contribution in [0.1, 0.15) is 50.5 Å². The van der Waals surface area contributed by atoms with Crippen molar-refractivity contribution < 1.29 is 17.9 Å². The van der Waals surface area contributed by atoms with Crippen molar-refractivity contribution in [3.8, 4) is 29.3 Å². The lowest BCUT2D eigenvalue weighted by molar-refractivity contribution is 0.0437. The number of nitriles is 2. The Morgan fingerprint density at radius 2 is 1.88 bits per heavy atom. The minimum Gasteiger partial charge on any atom is -0.461 e. The molecule has 4 saturated heterocycles. The third-order valence-corrected chi connectivity index (χ3v) is 13.2. The highest BCUT2D eigenvalue weighted by atomic mass is 35.5. The van der Waals surface area contributed by atoms with E-state index in [9.17, 15) is 19.3 Å². The van der Waals surface area contributed by atoms with Crippen molar-refractivity contribution in [3.05, 3.63) is 40.4 Å². The molecule has 9 nitrogen and oxygen atoms in total. The van der Waals surface area contributed by atoms with Crippen molar-refractivity contribution in [1.82, 2.24) is 19.8 Å². The van der Waals surface area contributed by atoms with Gasteiger partial charge in [0.05, 0.1) is 26.9 Å². The van der Waals surface area contributed by atoms with Gasteiger partial charge in [0.1, 0.15) is 41.0 Å². The summed E-state index contributed by atoms with van der Waals surface area (Å²) in [5.41, 5.74) is 5.91. The summed E-state index contributed by atoms with van der Waals surface area (Å²) in [6.07, 6.45) is 5.00. The summed E-state index contributed by atoms with van der Waals surface area (Å²) in [5, 5.41) is 20.1. The molecule has 1 aliphatic carbocycles. The van der Waals surface area contributed by atoms with Gasteiger partial charge in [0.25, 0.3) is 0 Å². The molecule has 14 heteroatoms. The zero-order chi connectivity index (χ0) is 34.5. The van der Waals surface area contributed by atoms with Crippen molar-refractivity contribution in [2.75, 3.05) is 43.4 Å². The molecule has 4 aliphatic heterocycles. The number of nitrogen functional groups attached to an aromatic ring is 1. The maximum Gasteiger partial charge on any atom is 0.319 e. The van der Waals surface area contributed by atoms with E-state index in [1.165, 1.54) is 12.1 Å². The molecular weight excluding hydrogens is 685 g/mol. The Kier molecular flexibility index (Phi) is 7.59. The first-order valence-corrected chi connectivity index (χ1v) is 18.4. The van der Waals surface area contributed by atoms with E-state index in [4.69, 9.17) is 27.1 Å². The minimum atomic E-state index is -0.933. The summed E-state index contributed by atoms with van der Waals surface area (Å²) in [5.74, 6) is -0.690. The van der Waals surface area contributed by atoms with Crippen molar-refractivity contribution in [1.29, 1.82) is 10.5 Å². The smallest absolute Gasteiger partial charge is 0.319 e. The number of nitrogens with two attached hydrogens (primary N) is 1. The normalized spacial score (nSPS) is 29.3. The van der Waals surface area contributed by atoms with Gasteiger partial charge >= 0.3 is 6.01 Å². The predicted octanol–water partition coefficient (Wildman–Crippen LogP) is 6.81. The molecule has 0 radical (unpaired) electrons. The fourth-order valence-electron chi connectivity index (χ4n) is 9.51. The van der Waals surface area contributed by atoms with Gasteiger partial charge in [-0.2, -0.15) is 20.5 Å². The molecule has 5 aliphatic rings. The van der Waals surface area contributed by atoms with E-state index in [2.05, 4.69) is 25.8 Å². The fourth-order valence-corrected chi connectivity index (χ4v) is 10.8. The number of thiophene rings is 1. The molecular formula is C36H34ClF3N8OS. The van der Waals surface area contributed by atoms with Crippen LogP contribution in [0.5, 0.6) is 6.01 Å². The highest BCUT2D eigenvalue weighted by Crippen LogP contribution is 2.47. The topological polar surface area (TPSA) is 118 Å². The van der Waals surface area contributed by atoms with Crippen LogP contribution in [0.3, 0.4) is 0 Å². The average molecular weight is 719 g/mol. The molecule has 0 unspecified atom stereocenters. The number of rotatable bonds is 6. The number of fused-ring (bicyclic) bond motifs is 5. The molecule has 4 atom stereocenters. The second-order valence-corrected chi connectivity index (χ2v) is 16.0. The van der Waals surface area contributed by atoms with Crippen LogP contribution >= 0.6 is 22.9 Å². The number of alkyl halides is 1. The van der Waals surface area contributed by atoms with E-state index in [-0.39, 0.29) is 72.9 Å². The van der Waals surface area contributed by atoms with Gasteiger partial charge in [-0.15, -0.1) is 11.3 Å². The van der Waals surface area contributed by atoms with Crippen LogP contribution in [0.2, 0.25) is 5.02 Å². The van der Waals surface area contributed by atoms with Crippen molar-refractivity contribution in [2.24, 2.45) is 5.92 Å². The van der Waals surface area contributed by atoms with Gasteiger partial charge in [0.2, 0.25) is 0 Å². The van der Waals surface area contributed by atoms with E-state index in [1.807, 2.05) is 6.07 Å². The molecule has 50 heavy (non-hydrogen) atoms. The van der Waals surface area contributed by atoms with Crippen LogP contribution in [0.4, 0.5) is 24.0 Å². The van der Waals surface area contributed by atoms with Gasteiger partial charge < -0.3 is 15.4 Å². The fraction of sp³-hybridized carbons (Fsp3) is 0.500. The molecule has 2 aromatic carbocycles. The van der Waals surface area contributed by atoms with Gasteiger partial charge in [-0.25, -0.2) is 13.2 Å². The number of piperazine rings is 1. The van der Waals surface area contributed by atoms with Crippen LogP contribution in [0.15, 0.2) is 18.2 Å². The van der Waals surface area contributed by atoms with Crippen molar-refractivity contribution in [2.45, 2.75) is 74.8 Å². The van der Waals surface area contributed by atoms with Crippen molar-refractivity contribution in [3.63, 3.8) is 0 Å². The largest absolute Gasteiger partial charge is 0.461 e. The highest BCUT2D eigenvalue weighted by molar-refractivity contribution is 7.23. The summed E-state index contributed by atoms with van der Waals surface area (Å²) >= 11 is 7.85. The maximum absolute atomic E-state index is 17.1. The molecule has 2 N–H and O–H groups in total. The van der Waals surface area contributed by atoms with Gasteiger partial charge in [-0.3, -0.25) is 9.80 Å². The van der Waals surface area contributed by atoms with Crippen LogP contribution in [-0.2, 0) is 0 Å².